The molecule has 0 aliphatic carbocycles. The van der Waals surface area contributed by atoms with Gasteiger partial charge in [0.2, 0.25) is 0 Å². The Morgan fingerprint density at radius 1 is 1.45 bits per heavy atom. The Kier molecular flexibility index (Phi) is 3.22. The number of hydrogen-bond donors (Lipinski definition) is 1. The molecule has 5 heterocycles. The van der Waals surface area contributed by atoms with Crippen molar-refractivity contribution in [2.24, 2.45) is 5.92 Å². The molecule has 1 aromatic heterocycles. The predicted molar refractivity (Wildman–Crippen MR) is 84.1 cm³/mol. The van der Waals surface area contributed by atoms with Crippen molar-refractivity contribution in [3.8, 4) is 5.75 Å². The third-order valence-electron chi connectivity index (χ3n) is 4.36. The first-order valence-corrected chi connectivity index (χ1v) is 9.27. The van der Waals surface area contributed by atoms with Gasteiger partial charge >= 0.3 is 0 Å². The maximum Gasteiger partial charge on any atom is 0.270 e. The van der Waals surface area contributed by atoms with Crippen LogP contribution in [-0.4, -0.2) is 45.7 Å². The lowest BCUT2D eigenvalue weighted by Gasteiger charge is -2.44. The van der Waals surface area contributed by atoms with E-state index in [2.05, 4.69) is 15.2 Å². The zero-order valence-electron chi connectivity index (χ0n) is 11.0. The van der Waals surface area contributed by atoms with Gasteiger partial charge < -0.3 is 15.0 Å². The molecule has 1 aromatic rings. The molecule has 20 heavy (non-hydrogen) atoms. The largest absolute Gasteiger partial charge is 0.456 e. The number of carbonyl (C=O) groups excluding carboxylic acids is 1. The molecule has 2 bridgehead atoms. The van der Waals surface area contributed by atoms with E-state index in [1.54, 1.807) is 6.20 Å². The number of hydrogen-bond acceptors (Lipinski definition) is 4. The Hall–Kier alpha value is -1.02. The van der Waals surface area contributed by atoms with E-state index in [0.29, 0.717) is 11.6 Å². The van der Waals surface area contributed by atoms with Crippen molar-refractivity contribution < 1.29 is 9.53 Å². The van der Waals surface area contributed by atoms with Crippen molar-refractivity contribution in [3.05, 3.63) is 21.5 Å². The number of halogens is 1. The molecule has 0 unspecified atom stereocenters. The van der Waals surface area contributed by atoms with Gasteiger partial charge in [0.25, 0.3) is 5.91 Å². The molecule has 1 atom stereocenters. The fraction of sp³-hybridized carbons (Fsp3) is 0.500. The topological polar surface area (TPSA) is 54.5 Å². The molecule has 0 aromatic carbocycles. The molecule has 6 heteroatoms. The predicted octanol–water partition coefficient (Wildman–Crippen LogP) is 1.20. The minimum absolute atomic E-state index is 0.0394. The number of fused-ring (bicyclic) bond motifs is 4. The molecular formula is C14H16IN3O2. The molecule has 1 N–H and O–H groups in total. The van der Waals surface area contributed by atoms with Gasteiger partial charge in [-0.2, -0.15) is 0 Å². The minimum atomic E-state index is -0.221. The number of nitrogens with zero attached hydrogens (tertiary/aromatic N) is 2. The second-order valence-electron chi connectivity index (χ2n) is 5.53. The SMILES string of the molecule is O=C(N[C@H]1CN2CCC1CC2)c1cc2c(cn1)OC=I2. The van der Waals surface area contributed by atoms with Crippen molar-refractivity contribution in [2.45, 2.75) is 18.9 Å². The molecule has 5 nitrogen and oxygen atoms in total. The summed E-state index contributed by atoms with van der Waals surface area (Å²) in [7, 11) is 0. The van der Waals surface area contributed by atoms with E-state index < -0.39 is 0 Å². The fourth-order valence-electron chi connectivity index (χ4n) is 3.20. The highest BCUT2D eigenvalue weighted by Crippen LogP contribution is 2.30. The van der Waals surface area contributed by atoms with Crippen molar-refractivity contribution in [1.29, 1.82) is 0 Å². The van der Waals surface area contributed by atoms with Gasteiger partial charge in [0.05, 0.1) is 9.77 Å². The second-order valence-corrected chi connectivity index (χ2v) is 7.83. The Morgan fingerprint density at radius 3 is 3.05 bits per heavy atom. The van der Waals surface area contributed by atoms with Gasteiger partial charge in [-0.05, 0) is 58.6 Å². The molecule has 5 rings (SSSR count). The molecule has 3 saturated heterocycles. The second kappa shape index (κ2) is 5.07. The fourth-order valence-corrected chi connectivity index (χ4v) is 4.93. The molecule has 3 fully saturated rings. The number of amides is 1. The minimum Gasteiger partial charge on any atom is -0.456 e. The Labute approximate surface area is 127 Å². The quantitative estimate of drug-likeness (QED) is 0.778. The molecule has 0 saturated carbocycles. The summed E-state index contributed by atoms with van der Waals surface area (Å²) >= 11 is -0.221. The molecule has 106 valence electrons. The van der Waals surface area contributed by atoms with E-state index in [-0.39, 0.29) is 32.7 Å². The number of ether oxygens (including phenoxy) is 1. The van der Waals surface area contributed by atoms with Crippen molar-refractivity contribution in [3.63, 3.8) is 0 Å². The highest BCUT2D eigenvalue weighted by atomic mass is 127. The monoisotopic (exact) mass is 385 g/mol. The molecular weight excluding hydrogens is 369 g/mol. The van der Waals surface area contributed by atoms with Crippen LogP contribution in [0.2, 0.25) is 0 Å². The highest BCUT2D eigenvalue weighted by molar-refractivity contribution is 14.2. The summed E-state index contributed by atoms with van der Waals surface area (Å²) in [5, 5.41) is 3.18. The van der Waals surface area contributed by atoms with Crippen LogP contribution in [0.1, 0.15) is 23.3 Å². The van der Waals surface area contributed by atoms with E-state index in [1.165, 1.54) is 25.9 Å². The van der Waals surface area contributed by atoms with Gasteiger partial charge in [-0.3, -0.25) is 4.79 Å². The summed E-state index contributed by atoms with van der Waals surface area (Å²) in [4.78, 5) is 19.0. The lowest BCUT2D eigenvalue weighted by molar-refractivity contribution is 0.0617. The first-order valence-electron chi connectivity index (χ1n) is 6.94. The Morgan fingerprint density at radius 2 is 2.30 bits per heavy atom. The molecule has 4 aliphatic rings. The third-order valence-corrected chi connectivity index (χ3v) is 6.38. The molecule has 0 radical (unpaired) electrons. The number of rotatable bonds is 2. The summed E-state index contributed by atoms with van der Waals surface area (Å²) in [6.07, 6.45) is 4.08. The van der Waals surface area contributed by atoms with Crippen LogP contribution in [0.15, 0.2) is 12.3 Å². The van der Waals surface area contributed by atoms with E-state index >= 15 is 0 Å². The first kappa shape index (κ1) is 12.7. The third kappa shape index (κ3) is 2.24. The summed E-state index contributed by atoms with van der Waals surface area (Å²) in [5.74, 6) is 1.42. The van der Waals surface area contributed by atoms with Gasteiger partial charge in [-0.25, -0.2) is 4.98 Å². The summed E-state index contributed by atoms with van der Waals surface area (Å²) in [5.41, 5.74) is 0.527. The van der Waals surface area contributed by atoms with Crippen molar-refractivity contribution in [1.82, 2.24) is 15.2 Å². The van der Waals surface area contributed by atoms with Crippen LogP contribution in [0, 0.1) is 9.49 Å². The molecule has 1 amide bonds. The summed E-state index contributed by atoms with van der Waals surface area (Å²) in [6, 6.07) is 2.18. The maximum atomic E-state index is 12.4. The number of carbonyl (C=O) groups is 1. The van der Waals surface area contributed by atoms with E-state index in [0.717, 1.165) is 15.9 Å². The van der Waals surface area contributed by atoms with Crippen LogP contribution >= 0.6 is 20.7 Å². The summed E-state index contributed by atoms with van der Waals surface area (Å²) in [6.45, 7) is 3.36. The normalized spacial score (nSPS) is 30.3. The zero-order valence-corrected chi connectivity index (χ0v) is 13.2. The lowest BCUT2D eigenvalue weighted by atomic mass is 9.84. The molecule has 0 spiro atoms. The van der Waals surface area contributed by atoms with Gasteiger partial charge in [0.1, 0.15) is 9.89 Å². The van der Waals surface area contributed by atoms with E-state index in [4.69, 9.17) is 4.74 Å². The number of aromatic nitrogens is 1. The van der Waals surface area contributed by atoms with Gasteiger partial charge in [0, 0.05) is 12.6 Å². The Bertz CT molecular complexity index is 582. The highest BCUT2D eigenvalue weighted by Gasteiger charge is 2.35. The smallest absolute Gasteiger partial charge is 0.270 e. The summed E-state index contributed by atoms with van der Waals surface area (Å²) < 4.78 is 8.34. The number of piperidine rings is 3. The maximum absolute atomic E-state index is 12.4. The van der Waals surface area contributed by atoms with Crippen LogP contribution in [0.5, 0.6) is 5.75 Å². The first-order chi connectivity index (χ1) is 9.79. The van der Waals surface area contributed by atoms with Crippen molar-refractivity contribution >= 4 is 30.8 Å². The average Bonchev–Trinajstić information content (AvgIpc) is 2.96. The van der Waals surface area contributed by atoms with Crippen LogP contribution < -0.4 is 10.1 Å². The van der Waals surface area contributed by atoms with E-state index in [1.807, 2.05) is 10.3 Å². The van der Waals surface area contributed by atoms with Crippen LogP contribution in [-0.2, 0) is 0 Å². The van der Waals surface area contributed by atoms with Gasteiger partial charge in [-0.15, -0.1) is 0 Å². The van der Waals surface area contributed by atoms with E-state index in [9.17, 15) is 4.79 Å². The standard InChI is InChI=1S/C14H16IN3O2/c19-14(11-5-10-13(6-16-11)20-8-15-10)17-12-7-18-3-1-9(12)2-4-18/h5-6,8-9,12H,1-4,7H2,(H,17,19)/t12-/m0/s1. The number of pyridine rings is 1. The van der Waals surface area contributed by atoms with Crippen molar-refractivity contribution in [2.75, 3.05) is 19.6 Å². The van der Waals surface area contributed by atoms with Crippen LogP contribution in [0.3, 0.4) is 0 Å². The molecule has 4 aliphatic heterocycles. The van der Waals surface area contributed by atoms with Gasteiger partial charge in [0.15, 0.2) is 5.75 Å². The average molecular weight is 385 g/mol. The lowest BCUT2D eigenvalue weighted by Crippen LogP contribution is -2.57. The van der Waals surface area contributed by atoms with Gasteiger partial charge in [-0.1, -0.05) is 0 Å². The Balaban J connectivity index is 1.49. The zero-order chi connectivity index (χ0) is 13.5. The number of nitrogens with one attached hydrogen (secondary N) is 1. The van der Waals surface area contributed by atoms with Crippen LogP contribution in [0.4, 0.5) is 0 Å². The van der Waals surface area contributed by atoms with Crippen LogP contribution in [0.25, 0.3) is 0 Å².